The first-order valence-electron chi connectivity index (χ1n) is 8.76. The van der Waals surface area contributed by atoms with Crippen molar-refractivity contribution < 1.29 is 13.9 Å². The number of ether oxygens (including phenoxy) is 1. The summed E-state index contributed by atoms with van der Waals surface area (Å²) in [6.45, 7) is 2.36. The largest absolute Gasteiger partial charge is 0.469 e. The topological polar surface area (TPSA) is 29.5 Å². The SMILES string of the molecule is COC(=O)C1C2CCC(C[C@@H]1c1ccc(C)cc1)N2C/C=C/CF. The van der Waals surface area contributed by atoms with Crippen molar-refractivity contribution in [1.29, 1.82) is 0 Å². The maximum atomic E-state index is 12.6. The number of benzene rings is 1. The Bertz CT molecular complexity index is 598. The molecule has 2 bridgehead atoms. The molecule has 2 fully saturated rings. The highest BCUT2D eigenvalue weighted by molar-refractivity contribution is 5.75. The van der Waals surface area contributed by atoms with Gasteiger partial charge < -0.3 is 4.74 Å². The Kier molecular flexibility index (Phi) is 5.34. The molecule has 4 atom stereocenters. The first-order valence-corrected chi connectivity index (χ1v) is 8.76. The summed E-state index contributed by atoms with van der Waals surface area (Å²) in [6.07, 6.45) is 6.51. The molecule has 0 amide bonds. The molecule has 2 aliphatic rings. The third-order valence-electron chi connectivity index (χ3n) is 5.62. The van der Waals surface area contributed by atoms with E-state index in [4.69, 9.17) is 4.74 Å². The van der Waals surface area contributed by atoms with Crippen LogP contribution in [-0.2, 0) is 9.53 Å². The summed E-state index contributed by atoms with van der Waals surface area (Å²) in [5, 5.41) is 0. The number of alkyl halides is 1. The summed E-state index contributed by atoms with van der Waals surface area (Å²) in [4.78, 5) is 14.9. The number of nitrogens with zero attached hydrogens (tertiary/aromatic N) is 1. The molecule has 2 aliphatic heterocycles. The second kappa shape index (κ2) is 7.47. The van der Waals surface area contributed by atoms with Gasteiger partial charge in [-0.3, -0.25) is 9.69 Å². The van der Waals surface area contributed by atoms with Gasteiger partial charge in [0.25, 0.3) is 0 Å². The number of halogens is 1. The van der Waals surface area contributed by atoms with Crippen LogP contribution in [0.25, 0.3) is 0 Å². The predicted molar refractivity (Wildman–Crippen MR) is 92.7 cm³/mol. The first-order chi connectivity index (χ1) is 11.7. The van der Waals surface area contributed by atoms with Crippen molar-refractivity contribution >= 4 is 5.97 Å². The Morgan fingerprint density at radius 3 is 2.71 bits per heavy atom. The molecule has 1 aromatic carbocycles. The molecule has 3 unspecified atom stereocenters. The van der Waals surface area contributed by atoms with E-state index in [1.807, 2.05) is 6.08 Å². The highest BCUT2D eigenvalue weighted by atomic mass is 19.1. The van der Waals surface area contributed by atoms with Gasteiger partial charge in [-0.25, -0.2) is 4.39 Å². The highest BCUT2D eigenvalue weighted by Gasteiger charge is 2.50. The lowest BCUT2D eigenvalue weighted by molar-refractivity contribution is -0.150. The summed E-state index contributed by atoms with van der Waals surface area (Å²) >= 11 is 0. The molecule has 0 aromatic heterocycles. The second-order valence-electron chi connectivity index (χ2n) is 6.92. The van der Waals surface area contributed by atoms with Gasteiger partial charge in [-0.2, -0.15) is 0 Å². The van der Waals surface area contributed by atoms with Gasteiger partial charge in [-0.15, -0.1) is 0 Å². The zero-order chi connectivity index (χ0) is 17.1. The Morgan fingerprint density at radius 2 is 2.04 bits per heavy atom. The Morgan fingerprint density at radius 1 is 1.29 bits per heavy atom. The summed E-state index contributed by atoms with van der Waals surface area (Å²) in [6, 6.07) is 9.17. The minimum atomic E-state index is -0.435. The maximum absolute atomic E-state index is 12.6. The van der Waals surface area contributed by atoms with Crippen LogP contribution in [0.5, 0.6) is 0 Å². The zero-order valence-electron chi connectivity index (χ0n) is 14.5. The van der Waals surface area contributed by atoms with Crippen LogP contribution in [0.3, 0.4) is 0 Å². The highest BCUT2D eigenvalue weighted by Crippen LogP contribution is 2.47. The molecule has 3 nitrogen and oxygen atoms in total. The minimum absolute atomic E-state index is 0.120. The molecule has 0 radical (unpaired) electrons. The molecule has 3 rings (SSSR count). The third-order valence-corrected chi connectivity index (χ3v) is 5.62. The Labute approximate surface area is 143 Å². The number of fused-ring (bicyclic) bond motifs is 2. The molecular weight excluding hydrogens is 305 g/mol. The van der Waals surface area contributed by atoms with Crippen LogP contribution in [0.1, 0.15) is 36.3 Å². The van der Waals surface area contributed by atoms with Gasteiger partial charge >= 0.3 is 5.97 Å². The lowest BCUT2D eigenvalue weighted by Gasteiger charge is -2.43. The summed E-state index contributed by atoms with van der Waals surface area (Å²) in [7, 11) is 1.48. The van der Waals surface area contributed by atoms with E-state index in [0.717, 1.165) is 19.3 Å². The monoisotopic (exact) mass is 331 g/mol. The lowest BCUT2D eigenvalue weighted by Crippen LogP contribution is -2.50. The molecule has 0 N–H and O–H groups in total. The number of carbonyl (C=O) groups excluding carboxylic acids is 1. The van der Waals surface area contributed by atoms with Gasteiger partial charge in [0.2, 0.25) is 0 Å². The lowest BCUT2D eigenvalue weighted by atomic mass is 9.76. The number of hydrogen-bond donors (Lipinski definition) is 0. The summed E-state index contributed by atoms with van der Waals surface area (Å²) in [5.74, 6) is -0.0578. The molecule has 0 spiro atoms. The van der Waals surface area contributed by atoms with Crippen molar-refractivity contribution in [1.82, 2.24) is 4.90 Å². The fourth-order valence-corrected chi connectivity index (χ4v) is 4.47. The quantitative estimate of drug-likeness (QED) is 0.609. The van der Waals surface area contributed by atoms with Crippen LogP contribution in [-0.4, -0.2) is 43.3 Å². The van der Waals surface area contributed by atoms with Crippen LogP contribution in [0.4, 0.5) is 4.39 Å². The van der Waals surface area contributed by atoms with Crippen LogP contribution in [0.15, 0.2) is 36.4 Å². The Balaban J connectivity index is 1.87. The second-order valence-corrected chi connectivity index (χ2v) is 6.92. The van der Waals surface area contributed by atoms with Crippen molar-refractivity contribution in [2.24, 2.45) is 5.92 Å². The van der Waals surface area contributed by atoms with Crippen molar-refractivity contribution in [3.05, 3.63) is 47.5 Å². The number of piperidine rings is 1. The molecule has 0 aliphatic carbocycles. The zero-order valence-corrected chi connectivity index (χ0v) is 14.5. The van der Waals surface area contributed by atoms with Crippen molar-refractivity contribution in [2.45, 2.75) is 44.2 Å². The molecule has 0 saturated carbocycles. The van der Waals surface area contributed by atoms with Crippen LogP contribution in [0, 0.1) is 12.8 Å². The number of rotatable bonds is 5. The molecule has 4 heteroatoms. The van der Waals surface area contributed by atoms with Crippen molar-refractivity contribution in [2.75, 3.05) is 20.3 Å². The minimum Gasteiger partial charge on any atom is -0.469 e. The summed E-state index contributed by atoms with van der Waals surface area (Å²) in [5.41, 5.74) is 2.46. The van der Waals surface area contributed by atoms with E-state index >= 15 is 0 Å². The number of allylic oxidation sites excluding steroid dienone is 1. The van der Waals surface area contributed by atoms with E-state index in [0.29, 0.717) is 12.6 Å². The van der Waals surface area contributed by atoms with E-state index in [9.17, 15) is 9.18 Å². The number of aryl methyl sites for hydroxylation is 1. The molecule has 1 aromatic rings. The number of hydrogen-bond acceptors (Lipinski definition) is 3. The van der Waals surface area contributed by atoms with Crippen molar-refractivity contribution in [3.63, 3.8) is 0 Å². The molecule has 2 heterocycles. The van der Waals surface area contributed by atoms with E-state index in [1.165, 1.54) is 18.2 Å². The van der Waals surface area contributed by atoms with E-state index in [-0.39, 0.29) is 23.8 Å². The van der Waals surface area contributed by atoms with Crippen LogP contribution in [0.2, 0.25) is 0 Å². The van der Waals surface area contributed by atoms with Gasteiger partial charge in [-0.05, 0) is 31.7 Å². The smallest absolute Gasteiger partial charge is 0.310 e. The van der Waals surface area contributed by atoms with Gasteiger partial charge in [-0.1, -0.05) is 42.0 Å². The first kappa shape index (κ1) is 17.2. The van der Waals surface area contributed by atoms with E-state index < -0.39 is 6.67 Å². The molecular formula is C20H26FNO2. The predicted octanol–water partition coefficient (Wildman–Crippen LogP) is 3.63. The molecule has 24 heavy (non-hydrogen) atoms. The molecule has 130 valence electrons. The van der Waals surface area contributed by atoms with Gasteiger partial charge in [0, 0.05) is 24.5 Å². The standard InChI is InChI=1S/C20H26FNO2/c1-14-5-7-15(8-6-14)17-13-16-9-10-18(19(17)20(23)24-2)22(16)12-4-3-11-21/h3-8,16-19H,9-13H2,1-2H3/b4-3+/t16?,17-,18?,19?/m1/s1. The fraction of sp³-hybridized carbons (Fsp3) is 0.550. The number of methoxy groups -OCH3 is 1. The average molecular weight is 331 g/mol. The molecule has 2 saturated heterocycles. The van der Waals surface area contributed by atoms with Gasteiger partial charge in [0.1, 0.15) is 6.67 Å². The van der Waals surface area contributed by atoms with Crippen molar-refractivity contribution in [3.8, 4) is 0 Å². The van der Waals surface area contributed by atoms with Crippen LogP contribution >= 0.6 is 0 Å². The van der Waals surface area contributed by atoms with Gasteiger partial charge in [0.05, 0.1) is 13.0 Å². The Hall–Kier alpha value is -1.68. The fourth-order valence-electron chi connectivity index (χ4n) is 4.47. The van der Waals surface area contributed by atoms with Gasteiger partial charge in [0.15, 0.2) is 0 Å². The number of esters is 1. The van der Waals surface area contributed by atoms with Crippen LogP contribution < -0.4 is 0 Å². The average Bonchev–Trinajstić information content (AvgIpc) is 2.87. The third kappa shape index (κ3) is 3.25. The normalized spacial score (nSPS) is 30.0. The summed E-state index contributed by atoms with van der Waals surface area (Å²) < 4.78 is 17.5. The maximum Gasteiger partial charge on any atom is 0.310 e. The van der Waals surface area contributed by atoms with E-state index in [1.54, 1.807) is 6.08 Å². The number of carbonyl (C=O) groups is 1. The van der Waals surface area contributed by atoms with E-state index in [2.05, 4.69) is 36.1 Å².